The van der Waals surface area contributed by atoms with Crippen LogP contribution in [0.2, 0.25) is 0 Å². The summed E-state index contributed by atoms with van der Waals surface area (Å²) in [6.07, 6.45) is 6.30. The highest BCUT2D eigenvalue weighted by atomic mass is 16.1. The average molecular weight is 167 g/mol. The Morgan fingerprint density at radius 2 is 2.42 bits per heavy atom. The topological polar surface area (TPSA) is 20.3 Å². The summed E-state index contributed by atoms with van der Waals surface area (Å²) < 4.78 is 0. The van der Waals surface area contributed by atoms with Gasteiger partial charge in [0.05, 0.1) is 0 Å². The van der Waals surface area contributed by atoms with Crippen molar-refractivity contribution in [3.8, 4) is 0 Å². The molecule has 0 radical (unpaired) electrons. The Morgan fingerprint density at radius 3 is 2.83 bits per heavy atom. The van der Waals surface area contributed by atoms with Crippen molar-refractivity contribution < 1.29 is 4.79 Å². The molecule has 0 saturated carbocycles. The van der Waals surface area contributed by atoms with Crippen LogP contribution < -0.4 is 0 Å². The van der Waals surface area contributed by atoms with E-state index in [-0.39, 0.29) is 0 Å². The Labute approximate surface area is 74.2 Å². The van der Waals surface area contributed by atoms with Crippen LogP contribution in [0.15, 0.2) is 11.6 Å². The predicted octanol–water partition coefficient (Wildman–Crippen LogP) is 1.47. The zero-order valence-electron chi connectivity index (χ0n) is 7.92. The van der Waals surface area contributed by atoms with Gasteiger partial charge >= 0.3 is 0 Å². The Balaban J connectivity index is 2.35. The minimum Gasteiger partial charge on any atom is -0.309 e. The van der Waals surface area contributed by atoms with Crippen molar-refractivity contribution in [1.29, 1.82) is 0 Å². The summed E-state index contributed by atoms with van der Waals surface area (Å²) in [7, 11) is 4.19. The summed E-state index contributed by atoms with van der Waals surface area (Å²) in [5.74, 6) is 0.753. The van der Waals surface area contributed by atoms with Crippen molar-refractivity contribution in [2.75, 3.05) is 20.6 Å². The highest BCUT2D eigenvalue weighted by molar-refractivity contribution is 5.73. The molecule has 1 atom stereocenters. The molecule has 68 valence electrons. The van der Waals surface area contributed by atoms with Crippen LogP contribution in [0.1, 0.15) is 19.3 Å². The van der Waals surface area contributed by atoms with Crippen molar-refractivity contribution in [1.82, 2.24) is 4.90 Å². The van der Waals surface area contributed by atoms with E-state index in [1.807, 2.05) is 0 Å². The van der Waals surface area contributed by atoms with Gasteiger partial charge in [-0.2, -0.15) is 0 Å². The summed E-state index contributed by atoms with van der Waals surface area (Å²) in [6, 6.07) is 0. The molecule has 0 aromatic heterocycles. The zero-order chi connectivity index (χ0) is 8.97. The van der Waals surface area contributed by atoms with Crippen LogP contribution in [0.5, 0.6) is 0 Å². The molecule has 0 fully saturated rings. The lowest BCUT2D eigenvalue weighted by atomic mass is 9.90. The molecule has 0 N–H and O–H groups in total. The SMILES string of the molecule is CN(C)CC1CC=C(C=O)CC1. The third kappa shape index (κ3) is 2.78. The summed E-state index contributed by atoms with van der Waals surface area (Å²) in [5.41, 5.74) is 0.991. The molecule has 0 spiro atoms. The van der Waals surface area contributed by atoms with E-state index in [4.69, 9.17) is 0 Å². The van der Waals surface area contributed by atoms with Gasteiger partial charge in [0.2, 0.25) is 0 Å². The fourth-order valence-corrected chi connectivity index (χ4v) is 1.70. The van der Waals surface area contributed by atoms with Gasteiger partial charge in [0, 0.05) is 6.54 Å². The van der Waals surface area contributed by atoms with Crippen LogP contribution >= 0.6 is 0 Å². The maximum atomic E-state index is 10.4. The van der Waals surface area contributed by atoms with Gasteiger partial charge in [-0.25, -0.2) is 0 Å². The molecule has 0 heterocycles. The predicted molar refractivity (Wildman–Crippen MR) is 50.0 cm³/mol. The Morgan fingerprint density at radius 1 is 1.67 bits per heavy atom. The van der Waals surface area contributed by atoms with E-state index in [0.717, 1.165) is 37.2 Å². The first-order valence-corrected chi connectivity index (χ1v) is 4.51. The second-order valence-corrected chi connectivity index (χ2v) is 3.80. The number of hydrogen-bond acceptors (Lipinski definition) is 2. The second-order valence-electron chi connectivity index (χ2n) is 3.80. The highest BCUT2D eigenvalue weighted by Crippen LogP contribution is 2.22. The summed E-state index contributed by atoms with van der Waals surface area (Å²) in [5, 5.41) is 0. The molecule has 0 bridgehead atoms. The van der Waals surface area contributed by atoms with E-state index in [1.165, 1.54) is 6.42 Å². The first-order valence-electron chi connectivity index (χ1n) is 4.51. The molecule has 1 unspecified atom stereocenters. The summed E-state index contributed by atoms with van der Waals surface area (Å²) in [4.78, 5) is 12.6. The fourth-order valence-electron chi connectivity index (χ4n) is 1.70. The van der Waals surface area contributed by atoms with Crippen molar-refractivity contribution in [2.24, 2.45) is 5.92 Å². The quantitative estimate of drug-likeness (QED) is 0.593. The maximum absolute atomic E-state index is 10.4. The number of allylic oxidation sites excluding steroid dienone is 2. The van der Waals surface area contributed by atoms with Crippen molar-refractivity contribution in [2.45, 2.75) is 19.3 Å². The minimum absolute atomic E-state index is 0.753. The van der Waals surface area contributed by atoms with Gasteiger partial charge in [0.15, 0.2) is 0 Å². The lowest BCUT2D eigenvalue weighted by Crippen LogP contribution is -2.23. The number of rotatable bonds is 3. The van der Waals surface area contributed by atoms with E-state index in [1.54, 1.807) is 0 Å². The van der Waals surface area contributed by atoms with E-state index < -0.39 is 0 Å². The van der Waals surface area contributed by atoms with Crippen LogP contribution in [0.25, 0.3) is 0 Å². The molecule has 1 aliphatic rings. The van der Waals surface area contributed by atoms with Gasteiger partial charge in [-0.3, -0.25) is 4.79 Å². The van der Waals surface area contributed by atoms with E-state index in [9.17, 15) is 4.79 Å². The molecule has 1 rings (SSSR count). The van der Waals surface area contributed by atoms with E-state index in [2.05, 4.69) is 25.1 Å². The van der Waals surface area contributed by atoms with Gasteiger partial charge in [0.25, 0.3) is 0 Å². The Hall–Kier alpha value is -0.630. The maximum Gasteiger partial charge on any atom is 0.145 e. The van der Waals surface area contributed by atoms with Crippen LogP contribution in [0, 0.1) is 5.92 Å². The number of aldehydes is 1. The van der Waals surface area contributed by atoms with Gasteiger partial charge in [-0.15, -0.1) is 0 Å². The lowest BCUT2D eigenvalue weighted by molar-refractivity contribution is -0.105. The fraction of sp³-hybridized carbons (Fsp3) is 0.700. The molecule has 1 aliphatic carbocycles. The van der Waals surface area contributed by atoms with Gasteiger partial charge < -0.3 is 4.90 Å². The molecular weight excluding hydrogens is 150 g/mol. The Kier molecular flexibility index (Phi) is 3.48. The summed E-state index contributed by atoms with van der Waals surface area (Å²) >= 11 is 0. The van der Waals surface area contributed by atoms with Crippen LogP contribution in [-0.2, 0) is 4.79 Å². The second kappa shape index (κ2) is 4.41. The highest BCUT2D eigenvalue weighted by Gasteiger charge is 2.14. The third-order valence-corrected chi connectivity index (χ3v) is 2.33. The molecule has 2 nitrogen and oxygen atoms in total. The molecule has 0 saturated heterocycles. The number of carbonyl (C=O) groups is 1. The average Bonchev–Trinajstić information content (AvgIpc) is 2.05. The molecule has 0 amide bonds. The van der Waals surface area contributed by atoms with Crippen molar-refractivity contribution in [3.05, 3.63) is 11.6 Å². The first-order chi connectivity index (χ1) is 5.72. The van der Waals surface area contributed by atoms with Crippen molar-refractivity contribution in [3.63, 3.8) is 0 Å². The normalized spacial score (nSPS) is 23.9. The third-order valence-electron chi connectivity index (χ3n) is 2.33. The van der Waals surface area contributed by atoms with E-state index >= 15 is 0 Å². The van der Waals surface area contributed by atoms with Gasteiger partial charge in [-0.05, 0) is 44.8 Å². The standard InChI is InChI=1S/C10H17NO/c1-11(2)7-9-3-5-10(8-12)6-4-9/h5,8-9H,3-4,6-7H2,1-2H3. The number of carbonyl (C=O) groups excluding carboxylic acids is 1. The lowest BCUT2D eigenvalue weighted by Gasteiger charge is -2.22. The monoisotopic (exact) mass is 167 g/mol. The van der Waals surface area contributed by atoms with Crippen molar-refractivity contribution >= 4 is 6.29 Å². The largest absolute Gasteiger partial charge is 0.309 e. The van der Waals surface area contributed by atoms with Crippen LogP contribution in [0.4, 0.5) is 0 Å². The van der Waals surface area contributed by atoms with Gasteiger partial charge in [-0.1, -0.05) is 6.08 Å². The molecule has 12 heavy (non-hydrogen) atoms. The Bertz CT molecular complexity index is 184. The molecule has 0 aromatic carbocycles. The van der Waals surface area contributed by atoms with Crippen LogP contribution in [0.3, 0.4) is 0 Å². The number of nitrogens with zero attached hydrogens (tertiary/aromatic N) is 1. The summed E-state index contributed by atoms with van der Waals surface area (Å²) in [6.45, 7) is 1.14. The molecule has 0 aliphatic heterocycles. The van der Waals surface area contributed by atoms with Crippen LogP contribution in [-0.4, -0.2) is 31.8 Å². The molecule has 2 heteroatoms. The minimum atomic E-state index is 0.753. The van der Waals surface area contributed by atoms with Gasteiger partial charge in [0.1, 0.15) is 6.29 Å². The smallest absolute Gasteiger partial charge is 0.145 e. The first kappa shape index (κ1) is 9.46. The zero-order valence-corrected chi connectivity index (χ0v) is 7.92. The van der Waals surface area contributed by atoms with E-state index in [0.29, 0.717) is 0 Å². The number of hydrogen-bond donors (Lipinski definition) is 0. The molecule has 0 aromatic rings. The molecular formula is C10H17NO.